The third-order valence-corrected chi connectivity index (χ3v) is 6.27. The van der Waals surface area contributed by atoms with Crippen LogP contribution in [0.2, 0.25) is 0 Å². The fraction of sp³-hybridized carbons (Fsp3) is 0.400. The van der Waals surface area contributed by atoms with Gasteiger partial charge in [-0.25, -0.2) is 0 Å². The highest BCUT2D eigenvalue weighted by Crippen LogP contribution is 2.52. The zero-order chi connectivity index (χ0) is 17.0. The van der Waals surface area contributed by atoms with E-state index in [0.717, 1.165) is 16.2 Å². The van der Waals surface area contributed by atoms with Crippen LogP contribution in [-0.2, 0) is 19.1 Å². The molecule has 0 saturated carbocycles. The zero-order valence-electron chi connectivity index (χ0n) is 13.1. The first-order valence-corrected chi connectivity index (χ1v) is 8.64. The van der Waals surface area contributed by atoms with Crippen molar-refractivity contribution in [2.45, 2.75) is 17.9 Å². The van der Waals surface area contributed by atoms with Crippen molar-refractivity contribution >= 4 is 28.8 Å². The molecule has 2 atom stereocenters. The first-order valence-electron chi connectivity index (χ1n) is 7.11. The van der Waals surface area contributed by atoms with Gasteiger partial charge in [-0.1, -0.05) is 0 Å². The maximum atomic E-state index is 11.9. The van der Waals surface area contributed by atoms with Crippen molar-refractivity contribution in [3.8, 4) is 0 Å². The Bertz CT molecular complexity index is 648. The number of nitrogens with two attached hydrogens (primary N) is 2. The number of rotatable bonds is 7. The van der Waals surface area contributed by atoms with Gasteiger partial charge >= 0.3 is 5.97 Å². The molecule has 0 spiro atoms. The summed E-state index contributed by atoms with van der Waals surface area (Å²) in [6, 6.07) is 1.04. The molecule has 0 aromatic carbocycles. The number of hydrogen-bond acceptors (Lipinski definition) is 6. The number of esters is 1. The molecule has 126 valence electrons. The lowest BCUT2D eigenvalue weighted by atomic mass is 10.2. The Morgan fingerprint density at radius 2 is 2.13 bits per heavy atom. The van der Waals surface area contributed by atoms with Gasteiger partial charge in [0.25, 0.3) is 5.91 Å². The molecule has 8 heteroatoms. The minimum absolute atomic E-state index is 0.149. The quantitative estimate of drug-likeness (QED) is 0.369. The summed E-state index contributed by atoms with van der Waals surface area (Å²) < 4.78 is 9.86. The Kier molecular flexibility index (Phi) is 5.75. The molecule has 2 rings (SSSR count). The summed E-state index contributed by atoms with van der Waals surface area (Å²) in [5.41, 5.74) is 13.2. The Labute approximate surface area is 137 Å². The third kappa shape index (κ3) is 3.90. The van der Waals surface area contributed by atoms with E-state index in [0.29, 0.717) is 17.3 Å². The number of thiol groups is 1. The van der Waals surface area contributed by atoms with Crippen molar-refractivity contribution in [3.05, 3.63) is 28.4 Å². The highest BCUT2D eigenvalue weighted by atomic mass is 32.2. The van der Waals surface area contributed by atoms with Crippen LogP contribution in [0.15, 0.2) is 22.1 Å². The van der Waals surface area contributed by atoms with Crippen LogP contribution < -0.4 is 11.5 Å². The molecule has 0 aliphatic carbocycles. The summed E-state index contributed by atoms with van der Waals surface area (Å²) in [6.45, 7) is 2.40. The van der Waals surface area contributed by atoms with E-state index in [1.165, 1.54) is 7.11 Å². The standard InChI is InChI=1S/C15H21N3O4S/c1-9-3-4-18-11-7-12(14(17)19)23(13(9)11)8-10(16)15(20)22-6-5-21-2/h3-4,7,10,23H,5-6,8,16H2,1-2H3,(H2,17,19)/t10-/m0/s1. The zero-order valence-corrected chi connectivity index (χ0v) is 14.0. The highest BCUT2D eigenvalue weighted by molar-refractivity contribution is 8.21. The molecule has 23 heavy (non-hydrogen) atoms. The predicted octanol–water partition coefficient (Wildman–Crippen LogP) is 0.107. The number of carbonyl (C=O) groups excluding carboxylic acids is 2. The van der Waals surface area contributed by atoms with E-state index in [-0.39, 0.29) is 6.61 Å². The Morgan fingerprint density at radius 1 is 1.39 bits per heavy atom. The number of aromatic nitrogens is 1. The number of fused-ring (bicyclic) bond motifs is 1. The molecule has 0 fully saturated rings. The highest BCUT2D eigenvalue weighted by Gasteiger charge is 2.31. The summed E-state index contributed by atoms with van der Waals surface area (Å²) >= 11 is 0. The molecule has 1 aliphatic rings. The largest absolute Gasteiger partial charge is 0.462 e. The van der Waals surface area contributed by atoms with Crippen LogP contribution in [0.25, 0.3) is 6.08 Å². The summed E-state index contributed by atoms with van der Waals surface area (Å²) in [7, 11) is 0.412. The van der Waals surface area contributed by atoms with Gasteiger partial charge in [0.2, 0.25) is 0 Å². The van der Waals surface area contributed by atoms with Crippen LogP contribution in [0.5, 0.6) is 0 Å². The maximum absolute atomic E-state index is 11.9. The molecular formula is C15H21N3O4S. The SMILES string of the molecule is COCCOC(=O)[C@@H](N)C[SH]1C(C(N)=O)=Cc2nccc(C)c21. The average molecular weight is 339 g/mol. The first kappa shape index (κ1) is 17.5. The number of ether oxygens (including phenoxy) is 2. The van der Waals surface area contributed by atoms with E-state index in [9.17, 15) is 9.59 Å². The van der Waals surface area contributed by atoms with Crippen LogP contribution in [0.4, 0.5) is 0 Å². The van der Waals surface area contributed by atoms with Crippen molar-refractivity contribution < 1.29 is 19.1 Å². The maximum Gasteiger partial charge on any atom is 0.323 e. The Morgan fingerprint density at radius 3 is 2.78 bits per heavy atom. The molecule has 0 radical (unpaired) electrons. The molecule has 1 aromatic rings. The molecule has 4 N–H and O–H groups in total. The number of aryl methyl sites for hydroxylation is 1. The second kappa shape index (κ2) is 7.58. The normalized spacial score (nSPS) is 18.9. The number of primary amides is 1. The molecule has 1 unspecified atom stereocenters. The number of amides is 1. The Balaban J connectivity index is 2.16. The van der Waals surface area contributed by atoms with Crippen molar-refractivity contribution in [3.63, 3.8) is 0 Å². The van der Waals surface area contributed by atoms with Crippen LogP contribution in [0.3, 0.4) is 0 Å². The molecule has 0 saturated heterocycles. The smallest absolute Gasteiger partial charge is 0.323 e. The molecule has 7 nitrogen and oxygen atoms in total. The lowest BCUT2D eigenvalue weighted by Crippen LogP contribution is -2.36. The van der Waals surface area contributed by atoms with Gasteiger partial charge in [-0.15, -0.1) is 0 Å². The van der Waals surface area contributed by atoms with Gasteiger partial charge < -0.3 is 20.9 Å². The average Bonchev–Trinajstić information content (AvgIpc) is 2.87. The van der Waals surface area contributed by atoms with Gasteiger partial charge in [-0.05, 0) is 24.6 Å². The third-order valence-electron chi connectivity index (χ3n) is 3.45. The van der Waals surface area contributed by atoms with Crippen LogP contribution in [0.1, 0.15) is 11.3 Å². The second-order valence-electron chi connectivity index (χ2n) is 5.13. The molecular weight excluding hydrogens is 318 g/mol. The molecule has 1 amide bonds. The van der Waals surface area contributed by atoms with E-state index in [1.807, 2.05) is 13.0 Å². The van der Waals surface area contributed by atoms with E-state index in [4.69, 9.17) is 20.9 Å². The topological polar surface area (TPSA) is 118 Å². The van der Waals surface area contributed by atoms with Crippen LogP contribution in [-0.4, -0.2) is 49.0 Å². The van der Waals surface area contributed by atoms with Gasteiger partial charge in [0.05, 0.1) is 17.2 Å². The van der Waals surface area contributed by atoms with Gasteiger partial charge in [0.15, 0.2) is 0 Å². The number of carbonyl (C=O) groups is 2. The van der Waals surface area contributed by atoms with E-state index in [1.54, 1.807) is 12.3 Å². The minimum Gasteiger partial charge on any atom is -0.462 e. The number of pyridine rings is 1. The fourth-order valence-electron chi connectivity index (χ4n) is 2.35. The number of methoxy groups -OCH3 is 1. The van der Waals surface area contributed by atoms with E-state index in [2.05, 4.69) is 4.98 Å². The van der Waals surface area contributed by atoms with Crippen LogP contribution in [0, 0.1) is 6.92 Å². The predicted molar refractivity (Wildman–Crippen MR) is 89.1 cm³/mol. The van der Waals surface area contributed by atoms with Gasteiger partial charge in [0.1, 0.15) is 12.6 Å². The minimum atomic E-state index is -1.11. The van der Waals surface area contributed by atoms with E-state index < -0.39 is 28.8 Å². The van der Waals surface area contributed by atoms with Gasteiger partial charge in [-0.2, -0.15) is 10.9 Å². The molecule has 1 aromatic heterocycles. The molecule has 0 bridgehead atoms. The lowest BCUT2D eigenvalue weighted by molar-refractivity contribution is -0.145. The number of hydrogen-bond donors (Lipinski definition) is 3. The van der Waals surface area contributed by atoms with Crippen LogP contribution >= 0.6 is 10.9 Å². The second-order valence-corrected chi connectivity index (χ2v) is 7.28. The van der Waals surface area contributed by atoms with Crippen molar-refractivity contribution in [1.82, 2.24) is 4.98 Å². The summed E-state index contributed by atoms with van der Waals surface area (Å²) in [6.07, 6.45) is 3.38. The molecule has 1 aliphatic heterocycles. The van der Waals surface area contributed by atoms with Crippen molar-refractivity contribution in [2.75, 3.05) is 26.1 Å². The summed E-state index contributed by atoms with van der Waals surface area (Å²) in [4.78, 5) is 29.4. The fourth-order valence-corrected chi connectivity index (χ4v) is 4.96. The first-order chi connectivity index (χ1) is 11.0. The Hall–Kier alpha value is -1.90. The summed E-state index contributed by atoms with van der Waals surface area (Å²) in [5.74, 6) is -0.716. The lowest BCUT2D eigenvalue weighted by Gasteiger charge is -2.23. The number of nitrogens with zero attached hydrogens (tertiary/aromatic N) is 1. The van der Waals surface area contributed by atoms with Gasteiger partial charge in [0, 0.05) is 24.0 Å². The monoisotopic (exact) mass is 339 g/mol. The van der Waals surface area contributed by atoms with Crippen molar-refractivity contribution in [1.29, 1.82) is 0 Å². The summed E-state index contributed by atoms with van der Waals surface area (Å²) in [5, 5.41) is 0. The molecule has 2 heterocycles. The van der Waals surface area contributed by atoms with E-state index >= 15 is 0 Å². The van der Waals surface area contributed by atoms with Gasteiger partial charge in [-0.3, -0.25) is 14.6 Å². The van der Waals surface area contributed by atoms with Crippen molar-refractivity contribution in [2.24, 2.45) is 11.5 Å².